The first-order valence-electron chi connectivity index (χ1n) is 11.9. The fourth-order valence-electron chi connectivity index (χ4n) is 4.21. The Labute approximate surface area is 211 Å². The quantitative estimate of drug-likeness (QED) is 0.393. The van der Waals surface area contributed by atoms with E-state index >= 15 is 0 Å². The zero-order chi connectivity index (χ0) is 25.3. The Hall–Kier alpha value is -3.78. The van der Waals surface area contributed by atoms with Crippen LogP contribution in [0, 0.1) is 5.92 Å². The van der Waals surface area contributed by atoms with Crippen LogP contribution < -0.4 is 18.9 Å². The van der Waals surface area contributed by atoms with Gasteiger partial charge in [-0.05, 0) is 48.4 Å². The molecule has 0 N–H and O–H groups in total. The highest BCUT2D eigenvalue weighted by atomic mass is 16.5. The zero-order valence-corrected chi connectivity index (χ0v) is 20.9. The fourth-order valence-corrected chi connectivity index (χ4v) is 4.21. The Morgan fingerprint density at radius 3 is 2.56 bits per heavy atom. The number of benzene rings is 2. The maximum absolute atomic E-state index is 13.9. The molecule has 4 rings (SSSR count). The van der Waals surface area contributed by atoms with Crippen molar-refractivity contribution in [2.24, 2.45) is 5.92 Å². The Kier molecular flexibility index (Phi) is 8.62. The third-order valence-corrected chi connectivity index (χ3v) is 6.08. The van der Waals surface area contributed by atoms with Gasteiger partial charge >= 0.3 is 0 Å². The van der Waals surface area contributed by atoms with Crippen LogP contribution in [0.3, 0.4) is 0 Å². The minimum atomic E-state index is -0.215. The van der Waals surface area contributed by atoms with Crippen molar-refractivity contribution in [2.45, 2.75) is 19.5 Å². The molecule has 0 spiro atoms. The highest BCUT2D eigenvalue weighted by molar-refractivity contribution is 5.98. The van der Waals surface area contributed by atoms with Gasteiger partial charge in [0.05, 0.1) is 52.3 Å². The van der Waals surface area contributed by atoms with Gasteiger partial charge in [-0.3, -0.25) is 9.78 Å². The highest BCUT2D eigenvalue weighted by Crippen LogP contribution is 2.40. The number of aromatic nitrogens is 1. The van der Waals surface area contributed by atoms with Gasteiger partial charge in [-0.1, -0.05) is 18.2 Å². The smallest absolute Gasteiger partial charge is 0.258 e. The van der Waals surface area contributed by atoms with Crippen LogP contribution in [0.25, 0.3) is 0 Å². The number of ether oxygens (including phenoxy) is 5. The average molecular weight is 493 g/mol. The molecule has 3 aromatic rings. The minimum Gasteiger partial charge on any atom is -0.493 e. The van der Waals surface area contributed by atoms with E-state index in [0.29, 0.717) is 48.4 Å². The molecule has 1 atom stereocenters. The van der Waals surface area contributed by atoms with E-state index in [9.17, 15) is 4.79 Å². The summed E-state index contributed by atoms with van der Waals surface area (Å²) >= 11 is 0. The summed E-state index contributed by atoms with van der Waals surface area (Å²) in [4.78, 5) is 20.0. The first-order valence-corrected chi connectivity index (χ1v) is 11.9. The molecule has 0 aliphatic carbocycles. The summed E-state index contributed by atoms with van der Waals surface area (Å²) in [6, 6.07) is 16.9. The second kappa shape index (κ2) is 12.3. The summed E-state index contributed by atoms with van der Waals surface area (Å²) in [6.07, 6.45) is 2.73. The van der Waals surface area contributed by atoms with Crippen molar-refractivity contribution in [2.75, 3.05) is 41.2 Å². The van der Waals surface area contributed by atoms with Crippen LogP contribution >= 0.6 is 0 Å². The van der Waals surface area contributed by atoms with Crippen LogP contribution in [-0.2, 0) is 17.8 Å². The maximum atomic E-state index is 13.9. The van der Waals surface area contributed by atoms with Crippen LogP contribution in [0.1, 0.15) is 28.0 Å². The molecule has 1 amide bonds. The van der Waals surface area contributed by atoms with Gasteiger partial charge in [-0.2, -0.15) is 0 Å². The van der Waals surface area contributed by atoms with Crippen LogP contribution in [0.2, 0.25) is 0 Å². The number of hydrogen-bond donors (Lipinski definition) is 0. The number of nitrogens with zero attached hydrogens (tertiary/aromatic N) is 2. The van der Waals surface area contributed by atoms with Crippen LogP contribution in [0.15, 0.2) is 60.8 Å². The van der Waals surface area contributed by atoms with E-state index in [0.717, 1.165) is 36.6 Å². The molecule has 0 radical (unpaired) electrons. The number of methoxy groups -OCH3 is 3. The average Bonchev–Trinajstić information content (AvgIpc) is 3.45. The monoisotopic (exact) mass is 492 g/mol. The van der Waals surface area contributed by atoms with Crippen molar-refractivity contribution in [1.82, 2.24) is 9.88 Å². The molecular weight excluding hydrogens is 460 g/mol. The Balaban J connectivity index is 1.60. The lowest BCUT2D eigenvalue weighted by Crippen LogP contribution is -2.31. The van der Waals surface area contributed by atoms with E-state index in [-0.39, 0.29) is 5.91 Å². The third kappa shape index (κ3) is 6.07. The van der Waals surface area contributed by atoms with Gasteiger partial charge in [-0.25, -0.2) is 0 Å². The number of rotatable bonds is 11. The van der Waals surface area contributed by atoms with E-state index in [1.165, 1.54) is 14.2 Å². The summed E-state index contributed by atoms with van der Waals surface area (Å²) in [5.74, 6) is 2.15. The van der Waals surface area contributed by atoms with Crippen molar-refractivity contribution in [3.05, 3.63) is 77.6 Å². The molecule has 36 heavy (non-hydrogen) atoms. The first-order chi connectivity index (χ1) is 17.6. The van der Waals surface area contributed by atoms with Crippen LogP contribution in [-0.4, -0.2) is 56.9 Å². The summed E-state index contributed by atoms with van der Waals surface area (Å²) in [6.45, 7) is 2.82. The third-order valence-electron chi connectivity index (χ3n) is 6.08. The Bertz CT molecular complexity index is 1150. The lowest BCUT2D eigenvalue weighted by atomic mass is 10.1. The van der Waals surface area contributed by atoms with Gasteiger partial charge in [0.15, 0.2) is 11.5 Å². The highest BCUT2D eigenvalue weighted by Gasteiger charge is 2.25. The molecule has 1 unspecified atom stereocenters. The number of pyridine rings is 1. The molecule has 0 bridgehead atoms. The molecule has 1 saturated heterocycles. The van der Waals surface area contributed by atoms with E-state index in [2.05, 4.69) is 4.98 Å². The second-order valence-electron chi connectivity index (χ2n) is 8.55. The van der Waals surface area contributed by atoms with E-state index < -0.39 is 0 Å². The Morgan fingerprint density at radius 1 is 1.00 bits per heavy atom. The standard InChI is InChI=1S/C28H32N2O6/c1-32-25-11-10-24(26(33-2)27(25)34-3)28(31)30(17-22-8-4-5-13-29-22)16-20-7-6-9-23(15-20)36-19-21-12-14-35-18-21/h4-11,13,15,21H,12,14,16-19H2,1-3H3. The van der Waals surface area contributed by atoms with E-state index in [4.69, 9.17) is 23.7 Å². The van der Waals surface area contributed by atoms with Gasteiger partial charge in [0.2, 0.25) is 5.75 Å². The molecule has 0 saturated carbocycles. The summed E-state index contributed by atoms with van der Waals surface area (Å²) in [7, 11) is 4.57. The normalized spacial score (nSPS) is 14.8. The summed E-state index contributed by atoms with van der Waals surface area (Å²) < 4.78 is 27.9. The maximum Gasteiger partial charge on any atom is 0.258 e. The first kappa shape index (κ1) is 25.3. The van der Waals surface area contributed by atoms with Gasteiger partial charge in [-0.15, -0.1) is 0 Å². The molecule has 2 heterocycles. The number of hydrogen-bond acceptors (Lipinski definition) is 7. The van der Waals surface area contributed by atoms with Gasteiger partial charge in [0.1, 0.15) is 5.75 Å². The van der Waals surface area contributed by atoms with Gasteiger partial charge in [0.25, 0.3) is 5.91 Å². The molecule has 1 aromatic heterocycles. The largest absolute Gasteiger partial charge is 0.493 e. The fraction of sp³-hybridized carbons (Fsp3) is 0.357. The van der Waals surface area contributed by atoms with Crippen molar-refractivity contribution >= 4 is 5.91 Å². The van der Waals surface area contributed by atoms with Crippen molar-refractivity contribution < 1.29 is 28.5 Å². The van der Waals surface area contributed by atoms with Crippen LogP contribution in [0.5, 0.6) is 23.0 Å². The molecule has 2 aromatic carbocycles. The minimum absolute atomic E-state index is 0.215. The van der Waals surface area contributed by atoms with Crippen LogP contribution in [0.4, 0.5) is 0 Å². The summed E-state index contributed by atoms with van der Waals surface area (Å²) in [5, 5.41) is 0. The zero-order valence-electron chi connectivity index (χ0n) is 20.9. The van der Waals surface area contributed by atoms with Gasteiger partial charge in [0, 0.05) is 25.3 Å². The number of carbonyl (C=O) groups is 1. The van der Waals surface area contributed by atoms with E-state index in [1.807, 2.05) is 42.5 Å². The van der Waals surface area contributed by atoms with Crippen molar-refractivity contribution in [3.8, 4) is 23.0 Å². The molecule has 190 valence electrons. The SMILES string of the molecule is COc1ccc(C(=O)N(Cc2cccc(OCC3CCOC3)c2)Cc2ccccn2)c(OC)c1OC. The van der Waals surface area contributed by atoms with E-state index in [1.54, 1.807) is 30.3 Å². The lowest BCUT2D eigenvalue weighted by Gasteiger charge is -2.25. The predicted octanol–water partition coefficient (Wildman–Crippen LogP) is 4.37. The predicted molar refractivity (Wildman–Crippen MR) is 135 cm³/mol. The molecule has 1 aliphatic heterocycles. The summed E-state index contributed by atoms with van der Waals surface area (Å²) in [5.41, 5.74) is 2.09. The van der Waals surface area contributed by atoms with Crippen molar-refractivity contribution in [1.29, 1.82) is 0 Å². The Morgan fingerprint density at radius 2 is 1.86 bits per heavy atom. The van der Waals surface area contributed by atoms with Crippen molar-refractivity contribution in [3.63, 3.8) is 0 Å². The number of carbonyl (C=O) groups excluding carboxylic acids is 1. The second-order valence-corrected chi connectivity index (χ2v) is 8.55. The van der Waals surface area contributed by atoms with Gasteiger partial charge < -0.3 is 28.6 Å². The molecular formula is C28H32N2O6. The number of amides is 1. The lowest BCUT2D eigenvalue weighted by molar-refractivity contribution is 0.0723. The molecule has 8 nitrogen and oxygen atoms in total. The molecule has 1 fully saturated rings. The molecule has 1 aliphatic rings. The molecule has 8 heteroatoms. The topological polar surface area (TPSA) is 79.4 Å².